The molecule has 7 heteroatoms. The lowest BCUT2D eigenvalue weighted by atomic mass is 9.81. The van der Waals surface area contributed by atoms with Crippen molar-refractivity contribution >= 4 is 11.7 Å². The van der Waals surface area contributed by atoms with Gasteiger partial charge in [-0.2, -0.15) is 0 Å². The number of hydrogen-bond donors (Lipinski definition) is 2. The van der Waals surface area contributed by atoms with Gasteiger partial charge in [0.15, 0.2) is 6.10 Å². The van der Waals surface area contributed by atoms with E-state index in [0.717, 1.165) is 73.7 Å². The number of aryl methyl sites for hydroxylation is 2. The molecule has 1 atom stereocenters. The molecule has 43 heavy (non-hydrogen) atoms. The third kappa shape index (κ3) is 8.15. The second-order valence-electron chi connectivity index (χ2n) is 13.5. The molecular formula is C36H49N3O4. The molecular weight excluding hydrogens is 538 g/mol. The molecule has 2 N–H and O–H groups in total. The standard InChI is InChI=1S/C36H49N3O4/c1-24-30(28-15-13-26(14-16-28)23-37-20-17-27-11-9-10-12-29(27)42-8)32(39-21-18-36(6,7)19-22-39)31(25(2)38-24)33(34(40)41)43-35(3,4)5/h9-16,33,37H,17-23H2,1-8H3,(H,40,41)/t33-/m0/s1. The van der Waals surface area contributed by atoms with Crippen molar-refractivity contribution in [2.24, 2.45) is 5.41 Å². The van der Waals surface area contributed by atoms with Crippen molar-refractivity contribution in [2.45, 2.75) is 86.0 Å². The van der Waals surface area contributed by atoms with E-state index >= 15 is 0 Å². The summed E-state index contributed by atoms with van der Waals surface area (Å²) in [5, 5.41) is 14.0. The number of para-hydroxylation sites is 1. The molecule has 0 unspecified atom stereocenters. The van der Waals surface area contributed by atoms with Crippen molar-refractivity contribution in [3.8, 4) is 16.9 Å². The number of piperidine rings is 1. The van der Waals surface area contributed by atoms with Crippen molar-refractivity contribution in [1.82, 2.24) is 10.3 Å². The number of carboxylic acid groups (broad SMARTS) is 1. The second kappa shape index (κ2) is 13.5. The molecule has 0 bridgehead atoms. The van der Waals surface area contributed by atoms with E-state index in [0.29, 0.717) is 11.3 Å². The van der Waals surface area contributed by atoms with Gasteiger partial charge in [0.1, 0.15) is 5.75 Å². The van der Waals surface area contributed by atoms with E-state index in [1.54, 1.807) is 7.11 Å². The molecule has 2 aromatic carbocycles. The number of carboxylic acids is 1. The number of ether oxygens (including phenoxy) is 2. The Bertz CT molecular complexity index is 1400. The molecule has 1 fully saturated rings. The first-order valence-electron chi connectivity index (χ1n) is 15.4. The van der Waals surface area contributed by atoms with Crippen LogP contribution in [0.15, 0.2) is 48.5 Å². The van der Waals surface area contributed by atoms with E-state index in [4.69, 9.17) is 14.5 Å². The maximum absolute atomic E-state index is 12.7. The van der Waals surface area contributed by atoms with Gasteiger partial charge >= 0.3 is 5.97 Å². The SMILES string of the molecule is COc1ccccc1CCNCc1ccc(-c2c(C)nc(C)c([C@H](OC(C)(C)C)C(=O)O)c2N2CCC(C)(C)CC2)cc1. The van der Waals surface area contributed by atoms with Crippen molar-refractivity contribution in [3.63, 3.8) is 0 Å². The van der Waals surface area contributed by atoms with Crippen molar-refractivity contribution in [2.75, 3.05) is 31.6 Å². The van der Waals surface area contributed by atoms with E-state index in [-0.39, 0.29) is 5.41 Å². The highest BCUT2D eigenvalue weighted by molar-refractivity contribution is 5.88. The minimum atomic E-state index is -1.12. The number of rotatable bonds is 11. The smallest absolute Gasteiger partial charge is 0.337 e. The zero-order chi connectivity index (χ0) is 31.4. The van der Waals surface area contributed by atoms with Gasteiger partial charge in [-0.25, -0.2) is 4.79 Å². The van der Waals surface area contributed by atoms with Crippen LogP contribution >= 0.6 is 0 Å². The zero-order valence-corrected chi connectivity index (χ0v) is 27.2. The fraction of sp³-hybridized carbons (Fsp3) is 0.500. The molecule has 0 aliphatic carbocycles. The van der Waals surface area contributed by atoms with Gasteiger partial charge in [-0.3, -0.25) is 4.98 Å². The fourth-order valence-corrected chi connectivity index (χ4v) is 5.91. The third-order valence-corrected chi connectivity index (χ3v) is 8.31. The number of nitrogens with zero attached hydrogens (tertiary/aromatic N) is 2. The van der Waals surface area contributed by atoms with Gasteiger partial charge in [-0.1, -0.05) is 56.3 Å². The molecule has 7 nitrogen and oxygen atoms in total. The summed E-state index contributed by atoms with van der Waals surface area (Å²) >= 11 is 0. The normalized spacial score (nSPS) is 15.8. The van der Waals surface area contributed by atoms with E-state index in [1.807, 2.05) is 52.8 Å². The van der Waals surface area contributed by atoms with Crippen LogP contribution in [0, 0.1) is 19.3 Å². The lowest BCUT2D eigenvalue weighted by molar-refractivity contribution is -0.160. The Hall–Kier alpha value is -3.42. The molecule has 0 spiro atoms. The molecule has 0 radical (unpaired) electrons. The molecule has 1 aliphatic heterocycles. The van der Waals surface area contributed by atoms with Gasteiger partial charge in [0.2, 0.25) is 0 Å². The molecule has 0 saturated carbocycles. The highest BCUT2D eigenvalue weighted by Crippen LogP contribution is 2.44. The molecule has 1 aromatic heterocycles. The monoisotopic (exact) mass is 587 g/mol. The Labute approximate surface area is 257 Å². The van der Waals surface area contributed by atoms with Gasteiger partial charge in [0.05, 0.1) is 18.4 Å². The highest BCUT2D eigenvalue weighted by atomic mass is 16.5. The van der Waals surface area contributed by atoms with Crippen LogP contribution in [0.1, 0.15) is 81.6 Å². The summed E-state index contributed by atoms with van der Waals surface area (Å²) in [7, 11) is 1.71. The minimum absolute atomic E-state index is 0.252. The third-order valence-electron chi connectivity index (χ3n) is 8.31. The number of methoxy groups -OCH3 is 1. The van der Waals surface area contributed by atoms with Gasteiger partial charge < -0.3 is 24.8 Å². The molecule has 0 amide bonds. The number of aromatic nitrogens is 1. The van der Waals surface area contributed by atoms with Gasteiger partial charge in [0.25, 0.3) is 0 Å². The van der Waals surface area contributed by atoms with E-state index in [2.05, 4.69) is 54.4 Å². The van der Waals surface area contributed by atoms with Crippen LogP contribution in [0.25, 0.3) is 11.1 Å². The summed E-state index contributed by atoms with van der Waals surface area (Å²) in [6.07, 6.45) is 1.83. The summed E-state index contributed by atoms with van der Waals surface area (Å²) in [6.45, 7) is 17.5. The summed E-state index contributed by atoms with van der Waals surface area (Å²) in [5.41, 5.74) is 7.20. The first kappa shape index (κ1) is 32.5. The van der Waals surface area contributed by atoms with Crippen LogP contribution in [0.3, 0.4) is 0 Å². The first-order chi connectivity index (χ1) is 20.3. The summed E-state index contributed by atoms with van der Waals surface area (Å²) in [5.74, 6) is -0.0797. The Morgan fingerprint density at radius 3 is 2.30 bits per heavy atom. The lowest BCUT2D eigenvalue weighted by Gasteiger charge is -2.41. The van der Waals surface area contributed by atoms with Gasteiger partial charge in [-0.15, -0.1) is 0 Å². The minimum Gasteiger partial charge on any atom is -0.496 e. The fourth-order valence-electron chi connectivity index (χ4n) is 5.91. The number of carbonyl (C=O) groups is 1. The van der Waals surface area contributed by atoms with Crippen molar-refractivity contribution in [1.29, 1.82) is 0 Å². The Morgan fingerprint density at radius 2 is 1.70 bits per heavy atom. The highest BCUT2D eigenvalue weighted by Gasteiger charge is 2.36. The largest absolute Gasteiger partial charge is 0.496 e. The Kier molecular flexibility index (Phi) is 10.2. The topological polar surface area (TPSA) is 83.9 Å². The number of pyridine rings is 1. The van der Waals surface area contributed by atoms with E-state index in [9.17, 15) is 9.90 Å². The summed E-state index contributed by atoms with van der Waals surface area (Å²) in [6, 6.07) is 16.7. The molecule has 4 rings (SSSR count). The quantitative estimate of drug-likeness (QED) is 0.228. The van der Waals surface area contributed by atoms with E-state index < -0.39 is 17.7 Å². The summed E-state index contributed by atoms with van der Waals surface area (Å²) in [4.78, 5) is 20.0. The van der Waals surface area contributed by atoms with Crippen LogP contribution in [0.4, 0.5) is 5.69 Å². The van der Waals surface area contributed by atoms with Crippen molar-refractivity contribution in [3.05, 3.63) is 76.6 Å². The number of aliphatic carboxylic acids is 1. The maximum atomic E-state index is 12.7. The van der Waals surface area contributed by atoms with Crippen LogP contribution < -0.4 is 15.0 Å². The van der Waals surface area contributed by atoms with Crippen molar-refractivity contribution < 1.29 is 19.4 Å². The predicted molar refractivity (Wildman–Crippen MR) is 174 cm³/mol. The maximum Gasteiger partial charge on any atom is 0.337 e. The van der Waals surface area contributed by atoms with E-state index in [1.165, 1.54) is 11.1 Å². The average Bonchev–Trinajstić information content (AvgIpc) is 2.94. The van der Waals surface area contributed by atoms with Crippen LogP contribution in [0.5, 0.6) is 5.75 Å². The van der Waals surface area contributed by atoms with Gasteiger partial charge in [-0.05, 0) is 88.6 Å². The molecule has 1 aliphatic rings. The number of nitrogens with one attached hydrogen (secondary N) is 1. The van der Waals surface area contributed by atoms with Crippen LogP contribution in [-0.4, -0.2) is 48.4 Å². The van der Waals surface area contributed by atoms with Crippen LogP contribution in [0.2, 0.25) is 0 Å². The molecule has 2 heterocycles. The zero-order valence-electron chi connectivity index (χ0n) is 27.2. The lowest BCUT2D eigenvalue weighted by Crippen LogP contribution is -2.39. The average molecular weight is 588 g/mol. The molecule has 232 valence electrons. The Morgan fingerprint density at radius 1 is 1.05 bits per heavy atom. The van der Waals surface area contributed by atoms with Gasteiger partial charge in [0, 0.05) is 42.1 Å². The second-order valence-corrected chi connectivity index (χ2v) is 13.5. The number of hydrogen-bond acceptors (Lipinski definition) is 6. The summed E-state index contributed by atoms with van der Waals surface area (Å²) < 4.78 is 11.7. The predicted octanol–water partition coefficient (Wildman–Crippen LogP) is 7.27. The number of benzene rings is 2. The molecule has 1 saturated heterocycles. The van der Waals surface area contributed by atoms with Crippen LogP contribution in [-0.2, 0) is 22.5 Å². The first-order valence-corrected chi connectivity index (χ1v) is 15.4. The number of anilines is 1. The molecule has 3 aromatic rings. The Balaban J connectivity index is 1.65.